The predicted octanol–water partition coefficient (Wildman–Crippen LogP) is 1.94. The van der Waals surface area contributed by atoms with Crippen LogP contribution in [0.15, 0.2) is 60.8 Å². The monoisotopic (exact) mass is 349 g/mol. The Labute approximate surface area is 150 Å². The zero-order valence-electron chi connectivity index (χ0n) is 14.0. The fourth-order valence-electron chi connectivity index (χ4n) is 2.47. The SMILES string of the molecule is Nc1nccc(-c2ccc(NC(=O)C(N)Cc3ccc(O)cc3)cc2)n1. The molecule has 3 rings (SSSR count). The number of hydrogen-bond donors (Lipinski definition) is 4. The highest BCUT2D eigenvalue weighted by atomic mass is 16.3. The molecule has 0 radical (unpaired) electrons. The molecular weight excluding hydrogens is 330 g/mol. The highest BCUT2D eigenvalue weighted by Gasteiger charge is 2.14. The Balaban J connectivity index is 1.62. The van der Waals surface area contributed by atoms with Crippen molar-refractivity contribution >= 4 is 17.5 Å². The second-order valence-corrected chi connectivity index (χ2v) is 5.84. The Morgan fingerprint density at radius 3 is 2.42 bits per heavy atom. The van der Waals surface area contributed by atoms with Gasteiger partial charge in [-0.15, -0.1) is 0 Å². The third-order valence-corrected chi connectivity index (χ3v) is 3.85. The van der Waals surface area contributed by atoms with Crippen LogP contribution in [0.1, 0.15) is 5.56 Å². The molecule has 3 aromatic rings. The maximum absolute atomic E-state index is 12.3. The molecule has 1 amide bonds. The first kappa shape index (κ1) is 17.4. The summed E-state index contributed by atoms with van der Waals surface area (Å²) in [5.74, 6) is 0.106. The van der Waals surface area contributed by atoms with E-state index in [0.29, 0.717) is 17.8 Å². The second-order valence-electron chi connectivity index (χ2n) is 5.84. The van der Waals surface area contributed by atoms with E-state index < -0.39 is 6.04 Å². The molecule has 7 heteroatoms. The van der Waals surface area contributed by atoms with Gasteiger partial charge in [0, 0.05) is 17.4 Å². The van der Waals surface area contributed by atoms with Crippen molar-refractivity contribution in [2.24, 2.45) is 5.73 Å². The number of rotatable bonds is 5. The van der Waals surface area contributed by atoms with Crippen LogP contribution in [0.4, 0.5) is 11.6 Å². The number of nitrogens with one attached hydrogen (secondary N) is 1. The first-order valence-electron chi connectivity index (χ1n) is 8.04. The second kappa shape index (κ2) is 7.62. The van der Waals surface area contributed by atoms with Crippen molar-refractivity contribution in [2.75, 3.05) is 11.1 Å². The molecule has 0 aliphatic heterocycles. The number of nitrogens with two attached hydrogens (primary N) is 2. The lowest BCUT2D eigenvalue weighted by Gasteiger charge is -2.13. The number of benzene rings is 2. The van der Waals surface area contributed by atoms with Crippen LogP contribution in [0, 0.1) is 0 Å². The molecule has 0 saturated heterocycles. The lowest BCUT2D eigenvalue weighted by molar-refractivity contribution is -0.117. The van der Waals surface area contributed by atoms with E-state index in [1.807, 2.05) is 12.1 Å². The zero-order chi connectivity index (χ0) is 18.5. The third-order valence-electron chi connectivity index (χ3n) is 3.85. The van der Waals surface area contributed by atoms with Crippen LogP contribution in [-0.4, -0.2) is 27.0 Å². The van der Waals surface area contributed by atoms with Gasteiger partial charge in [0.05, 0.1) is 11.7 Å². The fraction of sp³-hybridized carbons (Fsp3) is 0.105. The summed E-state index contributed by atoms with van der Waals surface area (Å²) in [4.78, 5) is 20.3. The lowest BCUT2D eigenvalue weighted by atomic mass is 10.1. The molecule has 7 nitrogen and oxygen atoms in total. The molecule has 26 heavy (non-hydrogen) atoms. The number of phenols is 1. The summed E-state index contributed by atoms with van der Waals surface area (Å²) >= 11 is 0. The minimum atomic E-state index is -0.694. The number of nitrogens with zero attached hydrogens (tertiary/aromatic N) is 2. The third kappa shape index (κ3) is 4.34. The maximum Gasteiger partial charge on any atom is 0.241 e. The zero-order valence-corrected chi connectivity index (χ0v) is 14.0. The van der Waals surface area contributed by atoms with E-state index in [-0.39, 0.29) is 17.6 Å². The summed E-state index contributed by atoms with van der Waals surface area (Å²) in [5.41, 5.74) is 14.6. The van der Waals surface area contributed by atoms with E-state index in [0.717, 1.165) is 11.1 Å². The van der Waals surface area contributed by atoms with Crippen molar-refractivity contribution in [1.29, 1.82) is 0 Å². The number of hydrogen-bond acceptors (Lipinski definition) is 6. The molecule has 2 aromatic carbocycles. The van der Waals surface area contributed by atoms with Crippen molar-refractivity contribution in [3.8, 4) is 17.0 Å². The van der Waals surface area contributed by atoms with Gasteiger partial charge in [-0.1, -0.05) is 24.3 Å². The number of aromatic nitrogens is 2. The number of amides is 1. The minimum Gasteiger partial charge on any atom is -0.508 e. The first-order valence-corrected chi connectivity index (χ1v) is 8.04. The van der Waals surface area contributed by atoms with Crippen LogP contribution in [0.3, 0.4) is 0 Å². The van der Waals surface area contributed by atoms with Gasteiger partial charge in [-0.25, -0.2) is 9.97 Å². The maximum atomic E-state index is 12.3. The highest BCUT2D eigenvalue weighted by molar-refractivity contribution is 5.95. The van der Waals surface area contributed by atoms with Crippen molar-refractivity contribution in [1.82, 2.24) is 9.97 Å². The van der Waals surface area contributed by atoms with Crippen molar-refractivity contribution in [3.05, 3.63) is 66.4 Å². The van der Waals surface area contributed by atoms with E-state index in [1.54, 1.807) is 48.7 Å². The first-order chi connectivity index (χ1) is 12.5. The largest absolute Gasteiger partial charge is 0.508 e. The smallest absolute Gasteiger partial charge is 0.241 e. The summed E-state index contributed by atoms with van der Waals surface area (Å²) in [6.07, 6.45) is 1.97. The summed E-state index contributed by atoms with van der Waals surface area (Å²) in [7, 11) is 0. The molecule has 0 fully saturated rings. The van der Waals surface area contributed by atoms with Gasteiger partial charge in [0.25, 0.3) is 0 Å². The van der Waals surface area contributed by atoms with Crippen molar-refractivity contribution < 1.29 is 9.90 Å². The number of anilines is 2. The summed E-state index contributed by atoms with van der Waals surface area (Å²) in [6, 6.07) is 14.9. The number of aromatic hydroxyl groups is 1. The van der Waals surface area contributed by atoms with Crippen molar-refractivity contribution in [2.45, 2.75) is 12.5 Å². The van der Waals surface area contributed by atoms with Crippen molar-refractivity contribution in [3.63, 3.8) is 0 Å². The standard InChI is InChI=1S/C19H19N5O2/c20-16(11-12-1-7-15(25)8-2-12)18(26)23-14-5-3-13(4-6-14)17-9-10-22-19(21)24-17/h1-10,16,25H,11,20H2,(H,23,26)(H2,21,22,24). The molecule has 0 bridgehead atoms. The molecule has 1 heterocycles. The van der Waals surface area contributed by atoms with Gasteiger partial charge in [-0.3, -0.25) is 4.79 Å². The Kier molecular flexibility index (Phi) is 5.09. The van der Waals surface area contributed by atoms with E-state index in [9.17, 15) is 9.90 Å². The van der Waals surface area contributed by atoms with Crippen LogP contribution in [-0.2, 0) is 11.2 Å². The van der Waals surface area contributed by atoms with Gasteiger partial charge >= 0.3 is 0 Å². The van der Waals surface area contributed by atoms with Gasteiger partial charge in [0.1, 0.15) is 5.75 Å². The number of phenolic OH excluding ortho intramolecular Hbond substituents is 1. The summed E-state index contributed by atoms with van der Waals surface area (Å²) in [6.45, 7) is 0. The molecule has 6 N–H and O–H groups in total. The molecule has 1 unspecified atom stereocenters. The molecule has 132 valence electrons. The lowest BCUT2D eigenvalue weighted by Crippen LogP contribution is -2.37. The highest BCUT2D eigenvalue weighted by Crippen LogP contribution is 2.20. The Morgan fingerprint density at radius 2 is 1.77 bits per heavy atom. The van der Waals surface area contributed by atoms with E-state index in [2.05, 4.69) is 15.3 Å². The fourth-order valence-corrected chi connectivity index (χ4v) is 2.47. The van der Waals surface area contributed by atoms with Gasteiger partial charge in [0.15, 0.2) is 0 Å². The number of nitrogen functional groups attached to an aromatic ring is 1. The van der Waals surface area contributed by atoms with E-state index in [1.165, 1.54) is 0 Å². The molecule has 0 saturated carbocycles. The molecule has 1 aromatic heterocycles. The number of carbonyl (C=O) groups is 1. The average Bonchev–Trinajstić information content (AvgIpc) is 2.64. The molecule has 0 aliphatic carbocycles. The number of carbonyl (C=O) groups excluding carboxylic acids is 1. The minimum absolute atomic E-state index is 0.178. The summed E-state index contributed by atoms with van der Waals surface area (Å²) in [5, 5.41) is 12.1. The van der Waals surface area contributed by atoms with Crippen LogP contribution >= 0.6 is 0 Å². The Hall–Kier alpha value is -3.45. The molecular formula is C19H19N5O2. The quantitative estimate of drug-likeness (QED) is 0.557. The Morgan fingerprint density at radius 1 is 1.08 bits per heavy atom. The van der Waals surface area contributed by atoms with E-state index in [4.69, 9.17) is 11.5 Å². The van der Waals surface area contributed by atoms with Crippen LogP contribution in [0.2, 0.25) is 0 Å². The van der Waals surface area contributed by atoms with Gasteiger partial charge < -0.3 is 21.9 Å². The Bertz CT molecular complexity index is 895. The molecule has 0 aliphatic rings. The topological polar surface area (TPSA) is 127 Å². The van der Waals surface area contributed by atoms with Crippen LogP contribution in [0.25, 0.3) is 11.3 Å². The van der Waals surface area contributed by atoms with E-state index >= 15 is 0 Å². The van der Waals surface area contributed by atoms with Crippen LogP contribution < -0.4 is 16.8 Å². The van der Waals surface area contributed by atoms with Gasteiger partial charge in [-0.05, 0) is 42.3 Å². The predicted molar refractivity (Wildman–Crippen MR) is 100 cm³/mol. The van der Waals surface area contributed by atoms with Gasteiger partial charge in [0.2, 0.25) is 11.9 Å². The summed E-state index contributed by atoms with van der Waals surface area (Å²) < 4.78 is 0. The molecule has 1 atom stereocenters. The van der Waals surface area contributed by atoms with Crippen LogP contribution in [0.5, 0.6) is 5.75 Å². The normalized spacial score (nSPS) is 11.7. The van der Waals surface area contributed by atoms with Gasteiger partial charge in [-0.2, -0.15) is 0 Å². The average molecular weight is 349 g/mol. The molecule has 0 spiro atoms.